The first kappa shape index (κ1) is 54.4. The lowest BCUT2D eigenvalue weighted by Gasteiger charge is -2.26. The third-order valence-electron chi connectivity index (χ3n) is 14.5. The maximum Gasteiger partial charge on any atom is 0.309 e. The number of carbonyl (C=O) groups is 4. The molecule has 10 nitrogen and oxygen atoms in total. The van der Waals surface area contributed by atoms with E-state index in [1.165, 1.54) is 141 Å². The summed E-state index contributed by atoms with van der Waals surface area (Å²) in [5.41, 5.74) is 0. The summed E-state index contributed by atoms with van der Waals surface area (Å²) < 4.78 is 34.1. The number of rotatable bonds is 41. The van der Waals surface area contributed by atoms with Crippen molar-refractivity contribution in [3.8, 4) is 0 Å². The van der Waals surface area contributed by atoms with Gasteiger partial charge in [-0.3, -0.25) is 19.2 Å². The molecule has 2 aliphatic heterocycles. The second-order valence-corrected chi connectivity index (χ2v) is 20.1. The van der Waals surface area contributed by atoms with Crippen LogP contribution in [0, 0.1) is 23.7 Å². The molecule has 4 rings (SSSR count). The largest absolute Gasteiger partial charge is 0.465 e. The summed E-state index contributed by atoms with van der Waals surface area (Å²) in [5, 5.41) is 0. The van der Waals surface area contributed by atoms with E-state index in [2.05, 4.69) is 13.8 Å². The van der Waals surface area contributed by atoms with Crippen molar-refractivity contribution in [3.63, 3.8) is 0 Å². The van der Waals surface area contributed by atoms with Crippen LogP contribution in [0.2, 0.25) is 0 Å². The van der Waals surface area contributed by atoms with Crippen LogP contribution < -0.4 is 0 Å². The van der Waals surface area contributed by atoms with Gasteiger partial charge in [-0.15, -0.1) is 0 Å². The molecule has 0 aromatic carbocycles. The lowest BCUT2D eigenvalue weighted by atomic mass is 9.79. The summed E-state index contributed by atoms with van der Waals surface area (Å²) in [4.78, 5) is 52.1. The molecule has 64 heavy (non-hydrogen) atoms. The quantitative estimate of drug-likeness (QED) is 0.0253. The Balaban J connectivity index is 0.913. The fourth-order valence-electron chi connectivity index (χ4n) is 10.2. The van der Waals surface area contributed by atoms with Crippen LogP contribution in [0.3, 0.4) is 0 Å². The molecule has 4 fully saturated rings. The van der Waals surface area contributed by atoms with Gasteiger partial charge >= 0.3 is 23.9 Å². The minimum atomic E-state index is -0.454. The molecule has 2 aliphatic carbocycles. The second-order valence-electron chi connectivity index (χ2n) is 20.1. The predicted octanol–water partition coefficient (Wildman–Crippen LogP) is 13.3. The van der Waals surface area contributed by atoms with E-state index in [1.807, 2.05) is 0 Å². The molecule has 0 radical (unpaired) electrons. The fourth-order valence-corrected chi connectivity index (χ4v) is 10.2. The van der Waals surface area contributed by atoms with Crippen molar-refractivity contribution in [2.24, 2.45) is 23.7 Å². The number of fused-ring (bicyclic) bond motifs is 2. The van der Waals surface area contributed by atoms with Crippen molar-refractivity contribution in [2.45, 2.75) is 269 Å². The van der Waals surface area contributed by atoms with Crippen LogP contribution >= 0.6 is 0 Å². The summed E-state index contributed by atoms with van der Waals surface area (Å²) in [6.07, 6.45) is 40.8. The van der Waals surface area contributed by atoms with Gasteiger partial charge in [-0.25, -0.2) is 0 Å². The van der Waals surface area contributed by atoms with Crippen molar-refractivity contribution < 1.29 is 47.6 Å². The van der Waals surface area contributed by atoms with Gasteiger partial charge in [-0.2, -0.15) is 0 Å². The predicted molar refractivity (Wildman–Crippen MR) is 253 cm³/mol. The lowest BCUT2D eigenvalue weighted by molar-refractivity contribution is -0.162. The van der Waals surface area contributed by atoms with E-state index in [4.69, 9.17) is 28.4 Å². The van der Waals surface area contributed by atoms with Crippen molar-refractivity contribution in [3.05, 3.63) is 0 Å². The molecule has 2 saturated carbocycles. The number of unbranched alkanes of at least 4 members (excludes halogenated alkanes) is 29. The molecule has 0 spiro atoms. The molecule has 0 N–H and O–H groups in total. The molecule has 0 bridgehead atoms. The first-order valence-electron chi connectivity index (χ1n) is 27.4. The zero-order valence-electron chi connectivity index (χ0n) is 41.0. The average Bonchev–Trinajstić information content (AvgIpc) is 4.24. The van der Waals surface area contributed by atoms with Gasteiger partial charge in [0.05, 0.1) is 74.5 Å². The van der Waals surface area contributed by atoms with Gasteiger partial charge < -0.3 is 28.4 Å². The molecule has 0 aromatic heterocycles. The van der Waals surface area contributed by atoms with Crippen LogP contribution in [0.5, 0.6) is 0 Å². The Labute approximate surface area is 389 Å². The second kappa shape index (κ2) is 34.1. The third-order valence-corrected chi connectivity index (χ3v) is 14.5. The van der Waals surface area contributed by atoms with E-state index >= 15 is 0 Å². The fraction of sp³-hybridized carbons (Fsp3) is 0.926. The van der Waals surface area contributed by atoms with Gasteiger partial charge in [0, 0.05) is 0 Å². The number of carbonyl (C=O) groups excluding carboxylic acids is 4. The Bertz CT molecular complexity index is 1160. The number of epoxide rings is 2. The highest BCUT2D eigenvalue weighted by molar-refractivity contribution is 5.83. The van der Waals surface area contributed by atoms with E-state index in [0.717, 1.165) is 64.2 Å². The van der Waals surface area contributed by atoms with E-state index in [9.17, 15) is 19.2 Å². The molecule has 10 heteroatoms. The summed E-state index contributed by atoms with van der Waals surface area (Å²) in [5.74, 6) is -2.84. The number of hydrogen-bond donors (Lipinski definition) is 0. The zero-order chi connectivity index (χ0) is 45.5. The van der Waals surface area contributed by atoms with Crippen molar-refractivity contribution in [1.82, 2.24) is 0 Å². The number of esters is 4. The summed E-state index contributed by atoms with van der Waals surface area (Å²) >= 11 is 0. The van der Waals surface area contributed by atoms with Crippen molar-refractivity contribution in [2.75, 3.05) is 26.4 Å². The molecule has 8 atom stereocenters. The third kappa shape index (κ3) is 23.0. The van der Waals surface area contributed by atoms with Crippen LogP contribution in [-0.2, 0) is 47.6 Å². The Hall–Kier alpha value is -2.20. The smallest absolute Gasteiger partial charge is 0.309 e. The van der Waals surface area contributed by atoms with Gasteiger partial charge in [0.1, 0.15) is 0 Å². The molecule has 8 unspecified atom stereocenters. The zero-order valence-corrected chi connectivity index (χ0v) is 41.0. The van der Waals surface area contributed by atoms with Gasteiger partial charge in [-0.05, 0) is 51.4 Å². The maximum absolute atomic E-state index is 13.1. The average molecular weight is 903 g/mol. The van der Waals surface area contributed by atoms with Gasteiger partial charge in [-0.1, -0.05) is 194 Å². The molecule has 0 aromatic rings. The van der Waals surface area contributed by atoms with E-state index in [0.29, 0.717) is 52.1 Å². The molecular weight excluding hydrogens is 809 g/mol. The van der Waals surface area contributed by atoms with Crippen molar-refractivity contribution >= 4 is 23.9 Å². The highest BCUT2D eigenvalue weighted by atomic mass is 16.6. The van der Waals surface area contributed by atoms with Crippen molar-refractivity contribution in [1.29, 1.82) is 0 Å². The highest BCUT2D eigenvalue weighted by Crippen LogP contribution is 2.45. The first-order chi connectivity index (χ1) is 31.4. The van der Waals surface area contributed by atoms with Crippen LogP contribution in [0.25, 0.3) is 0 Å². The SMILES string of the molecule is CCCCCCCCCCCCOC(=O)C1CC2OC2CC1C(=O)OCCCCCCCCCCCCCCOC(=O)C1CC2OC2CC1C(=O)OCCCCCCCCCCCC. The standard InChI is InChI=1S/C54H94O10/c1-3-5-7-9-11-13-19-23-27-31-35-59-51(55)43-39-47-49(63-47)41-45(43)53(57)61-37-33-29-25-21-17-15-16-18-22-26-30-34-38-62-54(58)46-42-50-48(64-50)40-44(46)52(56)60-36-32-28-24-20-14-12-10-8-6-4-2/h43-50H,3-42H2,1-2H3. The van der Waals surface area contributed by atoms with Crippen LogP contribution in [0.1, 0.15) is 245 Å². The van der Waals surface area contributed by atoms with Crippen LogP contribution in [0.4, 0.5) is 0 Å². The number of ether oxygens (including phenoxy) is 6. The molecule has 2 heterocycles. The summed E-state index contributed by atoms with van der Waals surface area (Å²) in [7, 11) is 0. The topological polar surface area (TPSA) is 130 Å². The van der Waals surface area contributed by atoms with E-state index < -0.39 is 23.7 Å². The monoisotopic (exact) mass is 903 g/mol. The van der Waals surface area contributed by atoms with Gasteiger partial charge in [0.25, 0.3) is 0 Å². The molecule has 370 valence electrons. The van der Waals surface area contributed by atoms with Crippen LogP contribution in [-0.4, -0.2) is 74.7 Å². The minimum Gasteiger partial charge on any atom is -0.465 e. The molecule has 0 amide bonds. The summed E-state index contributed by atoms with van der Waals surface area (Å²) in [6, 6.07) is 0. The Morgan fingerprint density at radius 3 is 0.656 bits per heavy atom. The van der Waals surface area contributed by atoms with Crippen LogP contribution in [0.15, 0.2) is 0 Å². The first-order valence-corrected chi connectivity index (χ1v) is 27.4. The Morgan fingerprint density at radius 2 is 0.469 bits per heavy atom. The normalized spacial score (nSPS) is 24.3. The Kier molecular flexibility index (Phi) is 29.0. The van der Waals surface area contributed by atoms with Gasteiger partial charge in [0.15, 0.2) is 0 Å². The summed E-state index contributed by atoms with van der Waals surface area (Å²) in [6.45, 7) is 6.19. The molecule has 4 aliphatic rings. The molecule has 2 saturated heterocycles. The lowest BCUT2D eigenvalue weighted by Crippen LogP contribution is -2.37. The minimum absolute atomic E-state index is 0.0891. The molecular formula is C54H94O10. The maximum atomic E-state index is 13.1. The Morgan fingerprint density at radius 1 is 0.297 bits per heavy atom. The van der Waals surface area contributed by atoms with Gasteiger partial charge in [0.2, 0.25) is 0 Å². The van der Waals surface area contributed by atoms with E-state index in [1.54, 1.807) is 0 Å². The van der Waals surface area contributed by atoms with E-state index in [-0.39, 0.29) is 48.3 Å². The number of hydrogen-bond acceptors (Lipinski definition) is 10. The highest BCUT2D eigenvalue weighted by Gasteiger charge is 2.54.